The molecule has 0 aliphatic carbocycles. The van der Waals surface area contributed by atoms with E-state index in [0.717, 1.165) is 6.67 Å². The molecule has 0 radical (unpaired) electrons. The van der Waals surface area contributed by atoms with Crippen molar-refractivity contribution in [3.8, 4) is 0 Å². The van der Waals surface area contributed by atoms with Gasteiger partial charge in [-0.05, 0) is 12.8 Å². The van der Waals surface area contributed by atoms with Crippen molar-refractivity contribution in [1.82, 2.24) is 9.80 Å². The molecule has 0 unspecified atom stereocenters. The van der Waals surface area contributed by atoms with Gasteiger partial charge in [0, 0.05) is 25.5 Å². The number of nitrogens with zero attached hydrogens (tertiary/aromatic N) is 2. The number of rotatable bonds is 5. The SMILES string of the molecule is Br.CCCCN1C=CN(CCC)C1. The average Bonchev–Trinajstić information content (AvgIpc) is 2.50. The summed E-state index contributed by atoms with van der Waals surface area (Å²) in [6, 6.07) is 0. The molecule has 1 aliphatic heterocycles. The van der Waals surface area contributed by atoms with Crippen LogP contribution in [0.3, 0.4) is 0 Å². The third kappa shape index (κ3) is 4.55. The van der Waals surface area contributed by atoms with Gasteiger partial charge in [-0.3, -0.25) is 0 Å². The first kappa shape index (κ1) is 12.8. The first-order chi connectivity index (χ1) is 5.86. The van der Waals surface area contributed by atoms with E-state index in [0.29, 0.717) is 0 Å². The van der Waals surface area contributed by atoms with Crippen molar-refractivity contribution in [1.29, 1.82) is 0 Å². The summed E-state index contributed by atoms with van der Waals surface area (Å²) >= 11 is 0. The van der Waals surface area contributed by atoms with Crippen LogP contribution >= 0.6 is 17.0 Å². The molecule has 0 saturated carbocycles. The Kier molecular flexibility index (Phi) is 7.14. The van der Waals surface area contributed by atoms with Crippen molar-refractivity contribution < 1.29 is 0 Å². The van der Waals surface area contributed by atoms with E-state index in [1.54, 1.807) is 0 Å². The lowest BCUT2D eigenvalue weighted by molar-refractivity contribution is 0.263. The van der Waals surface area contributed by atoms with E-state index >= 15 is 0 Å². The van der Waals surface area contributed by atoms with Crippen molar-refractivity contribution in [2.45, 2.75) is 33.1 Å². The number of hydrogen-bond donors (Lipinski definition) is 0. The van der Waals surface area contributed by atoms with Gasteiger partial charge in [-0.2, -0.15) is 0 Å². The number of hydrogen-bond acceptors (Lipinski definition) is 2. The van der Waals surface area contributed by atoms with Gasteiger partial charge in [0.05, 0.1) is 6.67 Å². The molecule has 13 heavy (non-hydrogen) atoms. The van der Waals surface area contributed by atoms with Crippen LogP contribution in [0.2, 0.25) is 0 Å². The van der Waals surface area contributed by atoms with E-state index in [1.165, 1.54) is 32.4 Å². The quantitative estimate of drug-likeness (QED) is 0.739. The van der Waals surface area contributed by atoms with Gasteiger partial charge < -0.3 is 9.80 Å². The van der Waals surface area contributed by atoms with Gasteiger partial charge in [0.15, 0.2) is 0 Å². The molecule has 0 fully saturated rings. The van der Waals surface area contributed by atoms with Crippen LogP contribution in [0.25, 0.3) is 0 Å². The molecule has 0 bridgehead atoms. The molecule has 0 aromatic rings. The summed E-state index contributed by atoms with van der Waals surface area (Å²) in [5, 5.41) is 0. The van der Waals surface area contributed by atoms with Crippen molar-refractivity contribution in [2.75, 3.05) is 19.8 Å². The van der Waals surface area contributed by atoms with E-state index < -0.39 is 0 Å². The fourth-order valence-electron chi connectivity index (χ4n) is 1.46. The van der Waals surface area contributed by atoms with Gasteiger partial charge in [-0.25, -0.2) is 0 Å². The largest absolute Gasteiger partial charge is 0.359 e. The summed E-state index contributed by atoms with van der Waals surface area (Å²) in [4.78, 5) is 4.76. The molecule has 78 valence electrons. The Morgan fingerprint density at radius 3 is 2.15 bits per heavy atom. The minimum Gasteiger partial charge on any atom is -0.359 e. The van der Waals surface area contributed by atoms with Crippen LogP contribution in [0.15, 0.2) is 12.4 Å². The Morgan fingerprint density at radius 1 is 1.00 bits per heavy atom. The van der Waals surface area contributed by atoms with E-state index in [9.17, 15) is 0 Å². The zero-order valence-electron chi connectivity index (χ0n) is 8.70. The van der Waals surface area contributed by atoms with Crippen LogP contribution in [0.1, 0.15) is 33.1 Å². The van der Waals surface area contributed by atoms with Crippen molar-refractivity contribution in [3.05, 3.63) is 12.4 Å². The fourth-order valence-corrected chi connectivity index (χ4v) is 1.46. The van der Waals surface area contributed by atoms with E-state index in [4.69, 9.17) is 0 Å². The minimum atomic E-state index is 0. The molecule has 0 N–H and O–H groups in total. The summed E-state index contributed by atoms with van der Waals surface area (Å²) in [5.41, 5.74) is 0. The minimum absolute atomic E-state index is 0. The highest BCUT2D eigenvalue weighted by Crippen LogP contribution is 2.07. The fraction of sp³-hybridized carbons (Fsp3) is 0.800. The molecule has 0 aromatic heterocycles. The Hall–Kier alpha value is -0.180. The maximum absolute atomic E-state index is 2.39. The molecule has 0 aromatic carbocycles. The van der Waals surface area contributed by atoms with Gasteiger partial charge in [0.25, 0.3) is 0 Å². The monoisotopic (exact) mass is 248 g/mol. The molecule has 0 atom stereocenters. The average molecular weight is 249 g/mol. The van der Waals surface area contributed by atoms with Gasteiger partial charge in [-0.1, -0.05) is 20.3 Å². The third-order valence-electron chi connectivity index (χ3n) is 2.16. The van der Waals surface area contributed by atoms with Gasteiger partial charge >= 0.3 is 0 Å². The molecular formula is C10H21BrN2. The van der Waals surface area contributed by atoms with Crippen molar-refractivity contribution in [2.24, 2.45) is 0 Å². The molecule has 0 saturated heterocycles. The van der Waals surface area contributed by atoms with E-state index in [2.05, 4.69) is 36.0 Å². The lowest BCUT2D eigenvalue weighted by Crippen LogP contribution is -2.26. The molecule has 1 rings (SSSR count). The molecular weight excluding hydrogens is 228 g/mol. The third-order valence-corrected chi connectivity index (χ3v) is 2.16. The topological polar surface area (TPSA) is 6.48 Å². The second-order valence-electron chi connectivity index (χ2n) is 3.42. The standard InChI is InChI=1S/C10H20N2.BrH/c1-3-5-7-12-9-8-11(10-12)6-4-2;/h8-9H,3-7,10H2,1-2H3;1H. The smallest absolute Gasteiger partial charge is 0.0893 e. The molecule has 1 heterocycles. The normalized spacial score (nSPS) is 14.9. The van der Waals surface area contributed by atoms with E-state index in [-0.39, 0.29) is 17.0 Å². The molecule has 0 spiro atoms. The lowest BCUT2D eigenvalue weighted by Gasteiger charge is -2.20. The van der Waals surface area contributed by atoms with Crippen molar-refractivity contribution in [3.63, 3.8) is 0 Å². The first-order valence-electron chi connectivity index (χ1n) is 5.03. The first-order valence-corrected chi connectivity index (χ1v) is 5.03. The zero-order valence-corrected chi connectivity index (χ0v) is 10.4. The maximum Gasteiger partial charge on any atom is 0.0893 e. The van der Waals surface area contributed by atoms with Crippen LogP contribution in [0.5, 0.6) is 0 Å². The second kappa shape index (κ2) is 7.25. The van der Waals surface area contributed by atoms with Crippen LogP contribution in [-0.4, -0.2) is 29.6 Å². The van der Waals surface area contributed by atoms with Crippen LogP contribution < -0.4 is 0 Å². The van der Waals surface area contributed by atoms with E-state index in [1.807, 2.05) is 0 Å². The van der Waals surface area contributed by atoms with Gasteiger partial charge in [0.2, 0.25) is 0 Å². The predicted octanol–water partition coefficient (Wildman–Crippen LogP) is 2.82. The predicted molar refractivity (Wildman–Crippen MR) is 62.9 cm³/mol. The second-order valence-corrected chi connectivity index (χ2v) is 3.42. The highest BCUT2D eigenvalue weighted by atomic mass is 79.9. The van der Waals surface area contributed by atoms with Gasteiger partial charge in [-0.15, -0.1) is 17.0 Å². The van der Waals surface area contributed by atoms with Crippen LogP contribution in [0.4, 0.5) is 0 Å². The Bertz CT molecular complexity index is 148. The highest BCUT2D eigenvalue weighted by molar-refractivity contribution is 8.93. The Labute approximate surface area is 92.4 Å². The van der Waals surface area contributed by atoms with Gasteiger partial charge in [0.1, 0.15) is 0 Å². The Balaban J connectivity index is 0.00000144. The summed E-state index contributed by atoms with van der Waals surface area (Å²) in [6.45, 7) is 7.98. The summed E-state index contributed by atoms with van der Waals surface area (Å²) in [5.74, 6) is 0. The zero-order chi connectivity index (χ0) is 8.81. The molecule has 1 aliphatic rings. The summed E-state index contributed by atoms with van der Waals surface area (Å²) < 4.78 is 0. The number of halogens is 1. The maximum atomic E-state index is 2.39. The molecule has 2 nitrogen and oxygen atoms in total. The molecule has 0 amide bonds. The summed E-state index contributed by atoms with van der Waals surface area (Å²) in [6.07, 6.45) is 8.26. The molecule has 3 heteroatoms. The number of unbranched alkanes of at least 4 members (excludes halogenated alkanes) is 1. The summed E-state index contributed by atoms with van der Waals surface area (Å²) in [7, 11) is 0. The van der Waals surface area contributed by atoms with Crippen LogP contribution in [-0.2, 0) is 0 Å². The van der Waals surface area contributed by atoms with Crippen molar-refractivity contribution >= 4 is 17.0 Å². The van der Waals surface area contributed by atoms with Crippen LogP contribution in [0, 0.1) is 0 Å². The highest BCUT2D eigenvalue weighted by Gasteiger charge is 2.09. The lowest BCUT2D eigenvalue weighted by atomic mass is 10.3. The Morgan fingerprint density at radius 2 is 1.62 bits per heavy atom.